The van der Waals surface area contributed by atoms with Crippen LogP contribution in [0, 0.1) is 0 Å². The van der Waals surface area contributed by atoms with Crippen molar-refractivity contribution in [1.82, 2.24) is 4.31 Å². The summed E-state index contributed by atoms with van der Waals surface area (Å²) >= 11 is 0. The maximum absolute atomic E-state index is 13.6. The lowest BCUT2D eigenvalue weighted by Crippen LogP contribution is -2.41. The number of anilines is 1. The predicted octanol–water partition coefficient (Wildman–Crippen LogP) is 3.29. The lowest BCUT2D eigenvalue weighted by Gasteiger charge is -2.36. The number of amides is 1. The van der Waals surface area contributed by atoms with Crippen molar-refractivity contribution in [3.05, 3.63) is 47.5 Å². The Morgan fingerprint density at radius 2 is 1.68 bits per heavy atom. The number of esters is 1. The van der Waals surface area contributed by atoms with Crippen molar-refractivity contribution < 1.29 is 32.2 Å². The van der Waals surface area contributed by atoms with E-state index in [9.17, 15) is 18.0 Å². The van der Waals surface area contributed by atoms with E-state index in [-0.39, 0.29) is 23.8 Å². The molecule has 34 heavy (non-hydrogen) atoms. The molecule has 2 aromatic carbocycles. The number of rotatable bonds is 9. The predicted molar refractivity (Wildman–Crippen MR) is 126 cm³/mol. The Balaban J connectivity index is 2.05. The topological polar surface area (TPSA) is 111 Å². The third kappa shape index (κ3) is 5.51. The van der Waals surface area contributed by atoms with Crippen LogP contribution in [0.15, 0.2) is 41.3 Å². The minimum atomic E-state index is -3.96. The molecular formula is C24H30N2O7S. The molecule has 1 aliphatic heterocycles. The second-order valence-electron chi connectivity index (χ2n) is 7.73. The summed E-state index contributed by atoms with van der Waals surface area (Å²) in [7, 11) is -2.68. The molecule has 10 heteroatoms. The molecular weight excluding hydrogens is 460 g/mol. The Labute approximate surface area is 200 Å². The van der Waals surface area contributed by atoms with Gasteiger partial charge in [0, 0.05) is 19.2 Å². The van der Waals surface area contributed by atoms with Crippen LogP contribution in [0.2, 0.25) is 0 Å². The van der Waals surface area contributed by atoms with Crippen LogP contribution >= 0.6 is 0 Å². The van der Waals surface area contributed by atoms with E-state index in [0.29, 0.717) is 42.4 Å². The summed E-state index contributed by atoms with van der Waals surface area (Å²) in [5, 5.41) is 2.62. The van der Waals surface area contributed by atoms with Gasteiger partial charge in [0.1, 0.15) is 0 Å². The molecule has 0 spiro atoms. The summed E-state index contributed by atoms with van der Waals surface area (Å²) in [4.78, 5) is 23.6. The fraction of sp³-hybridized carbons (Fsp3) is 0.417. The van der Waals surface area contributed by atoms with E-state index < -0.39 is 22.0 Å². The van der Waals surface area contributed by atoms with Crippen LogP contribution < -0.4 is 14.8 Å². The van der Waals surface area contributed by atoms with Gasteiger partial charge in [-0.05, 0) is 67.8 Å². The highest BCUT2D eigenvalue weighted by Gasteiger charge is 2.38. The molecule has 1 amide bonds. The van der Waals surface area contributed by atoms with Crippen molar-refractivity contribution in [3.63, 3.8) is 0 Å². The quantitative estimate of drug-likeness (QED) is 0.537. The molecule has 0 aromatic heterocycles. The van der Waals surface area contributed by atoms with Gasteiger partial charge in [-0.1, -0.05) is 0 Å². The maximum Gasteiger partial charge on any atom is 0.307 e. The van der Waals surface area contributed by atoms with E-state index >= 15 is 0 Å². The Kier molecular flexibility index (Phi) is 8.16. The number of carbonyl (C=O) groups excluding carboxylic acids is 2. The van der Waals surface area contributed by atoms with Gasteiger partial charge >= 0.3 is 5.97 Å². The van der Waals surface area contributed by atoms with Gasteiger partial charge in [-0.25, -0.2) is 8.42 Å². The monoisotopic (exact) mass is 490 g/mol. The summed E-state index contributed by atoms with van der Waals surface area (Å²) in [6.07, 6.45) is 0.301. The van der Waals surface area contributed by atoms with E-state index in [2.05, 4.69) is 5.32 Å². The molecule has 0 unspecified atom stereocenters. The largest absolute Gasteiger partial charge is 0.490 e. The fourth-order valence-electron chi connectivity index (χ4n) is 4.01. The van der Waals surface area contributed by atoms with E-state index in [1.54, 1.807) is 6.07 Å². The number of hydrogen-bond donors (Lipinski definition) is 1. The standard InChI is InChI=1S/C24H30N2O7S/c1-5-32-22-13-17-11-12-26(21(15-24(28)31-4)20(17)14-23(22)33-6-2)34(29,30)19-9-7-18(8-10-19)25-16(3)27/h7-10,13-14,21H,5-6,11-12,15H2,1-4H3,(H,25,27)/t21-/m0/s1. The van der Waals surface area contributed by atoms with E-state index in [4.69, 9.17) is 14.2 Å². The zero-order chi connectivity index (χ0) is 24.9. The van der Waals surface area contributed by atoms with Gasteiger partial charge < -0.3 is 19.5 Å². The van der Waals surface area contributed by atoms with Gasteiger partial charge in [-0.3, -0.25) is 9.59 Å². The summed E-state index contributed by atoms with van der Waals surface area (Å²) in [6, 6.07) is 8.79. The number of nitrogens with one attached hydrogen (secondary N) is 1. The number of methoxy groups -OCH3 is 1. The molecule has 3 rings (SSSR count). The van der Waals surface area contributed by atoms with Gasteiger partial charge in [-0.2, -0.15) is 4.31 Å². The number of benzene rings is 2. The summed E-state index contributed by atoms with van der Waals surface area (Å²) in [5.41, 5.74) is 2.07. The highest BCUT2D eigenvalue weighted by atomic mass is 32.2. The van der Waals surface area contributed by atoms with Crippen molar-refractivity contribution in [1.29, 1.82) is 0 Å². The van der Waals surface area contributed by atoms with E-state index in [1.807, 2.05) is 19.9 Å². The van der Waals surface area contributed by atoms with Gasteiger partial charge in [-0.15, -0.1) is 0 Å². The number of sulfonamides is 1. The number of hydrogen-bond acceptors (Lipinski definition) is 7. The average Bonchev–Trinajstić information content (AvgIpc) is 2.80. The van der Waals surface area contributed by atoms with Crippen molar-refractivity contribution >= 4 is 27.6 Å². The summed E-state index contributed by atoms with van der Waals surface area (Å²) in [5.74, 6) is 0.311. The minimum Gasteiger partial charge on any atom is -0.490 e. The number of fused-ring (bicyclic) bond motifs is 1. The first-order valence-electron chi connectivity index (χ1n) is 11.1. The Hall–Kier alpha value is -3.11. The SMILES string of the molecule is CCOc1cc2c(cc1OCC)[C@H](CC(=O)OC)N(S(=O)(=O)c1ccc(NC(C)=O)cc1)CC2. The Morgan fingerprint density at radius 1 is 1.06 bits per heavy atom. The lowest BCUT2D eigenvalue weighted by molar-refractivity contribution is -0.141. The van der Waals surface area contributed by atoms with Gasteiger partial charge in [0.2, 0.25) is 15.9 Å². The second-order valence-corrected chi connectivity index (χ2v) is 9.62. The van der Waals surface area contributed by atoms with Crippen LogP contribution in [0.3, 0.4) is 0 Å². The highest BCUT2D eigenvalue weighted by Crippen LogP contribution is 2.42. The maximum atomic E-state index is 13.6. The molecule has 0 aliphatic carbocycles. The normalized spacial score (nSPS) is 15.8. The van der Waals surface area contributed by atoms with Crippen molar-refractivity contribution in [2.75, 3.05) is 32.2 Å². The van der Waals surface area contributed by atoms with E-state index in [1.165, 1.54) is 42.6 Å². The molecule has 1 N–H and O–H groups in total. The van der Waals surface area contributed by atoms with Gasteiger partial charge in [0.15, 0.2) is 11.5 Å². The fourth-order valence-corrected chi connectivity index (χ4v) is 5.62. The first kappa shape index (κ1) is 25.5. The molecule has 9 nitrogen and oxygen atoms in total. The van der Waals surface area contributed by atoms with E-state index in [0.717, 1.165) is 5.56 Å². The van der Waals surface area contributed by atoms with Gasteiger partial charge in [0.05, 0.1) is 37.7 Å². The molecule has 184 valence electrons. The summed E-state index contributed by atoms with van der Waals surface area (Å²) < 4.78 is 44.9. The zero-order valence-corrected chi connectivity index (χ0v) is 20.6. The molecule has 2 aromatic rings. The Bertz CT molecular complexity index is 1150. The zero-order valence-electron chi connectivity index (χ0n) is 19.8. The van der Waals surface area contributed by atoms with Crippen LogP contribution in [0.1, 0.15) is 44.4 Å². The van der Waals surface area contributed by atoms with Crippen LogP contribution in [0.5, 0.6) is 11.5 Å². The van der Waals surface area contributed by atoms with Crippen molar-refractivity contribution in [2.24, 2.45) is 0 Å². The molecule has 0 bridgehead atoms. The second kappa shape index (κ2) is 10.9. The smallest absolute Gasteiger partial charge is 0.307 e. The summed E-state index contributed by atoms with van der Waals surface area (Å²) in [6.45, 7) is 6.15. The molecule has 0 radical (unpaired) electrons. The number of ether oxygens (including phenoxy) is 3. The third-order valence-corrected chi connectivity index (χ3v) is 7.40. The minimum absolute atomic E-state index is 0.0656. The molecule has 1 atom stereocenters. The number of nitrogens with zero attached hydrogens (tertiary/aromatic N) is 1. The lowest BCUT2D eigenvalue weighted by atomic mass is 9.91. The average molecular weight is 491 g/mol. The van der Waals surface area contributed by atoms with Gasteiger partial charge in [0.25, 0.3) is 0 Å². The first-order valence-corrected chi connectivity index (χ1v) is 12.5. The van der Waals surface area contributed by atoms with Crippen LogP contribution in [-0.4, -0.2) is 51.5 Å². The van der Waals surface area contributed by atoms with Crippen molar-refractivity contribution in [3.8, 4) is 11.5 Å². The van der Waals surface area contributed by atoms with Crippen LogP contribution in [0.4, 0.5) is 5.69 Å². The van der Waals surface area contributed by atoms with Crippen LogP contribution in [-0.2, 0) is 30.8 Å². The molecule has 1 heterocycles. The molecule has 0 saturated heterocycles. The Morgan fingerprint density at radius 3 is 2.24 bits per heavy atom. The molecule has 1 aliphatic rings. The first-order chi connectivity index (χ1) is 16.2. The molecule has 0 saturated carbocycles. The number of carbonyl (C=O) groups is 2. The third-order valence-electron chi connectivity index (χ3n) is 5.48. The van der Waals surface area contributed by atoms with Crippen LogP contribution in [0.25, 0.3) is 0 Å². The highest BCUT2D eigenvalue weighted by molar-refractivity contribution is 7.89. The van der Waals surface area contributed by atoms with Crippen molar-refractivity contribution in [2.45, 2.75) is 44.6 Å². The molecule has 0 fully saturated rings.